The summed E-state index contributed by atoms with van der Waals surface area (Å²) in [5.41, 5.74) is 1.93. The Morgan fingerprint density at radius 2 is 2.00 bits per heavy atom. The summed E-state index contributed by atoms with van der Waals surface area (Å²) in [5, 5.41) is 0. The monoisotopic (exact) mass is 383 g/mol. The maximum atomic E-state index is 13.8. The Morgan fingerprint density at radius 3 is 2.79 bits per heavy atom. The number of rotatable bonds is 8. The van der Waals surface area contributed by atoms with Crippen LogP contribution in [0.4, 0.5) is 4.39 Å². The molecule has 28 heavy (non-hydrogen) atoms. The standard InChI is InChI=1S/C23H30FN3O/c1-26(23(28)9-8-19-10-13-25-14-11-19)17-20-5-4-15-27(18-20)16-12-21-6-2-3-7-22(21)24/h2-3,6-7,10-11,13-14,20H,4-5,8-9,12,15-18H2,1H3/t20-/m0/s1. The number of halogens is 1. The van der Waals surface area contributed by atoms with E-state index >= 15 is 0 Å². The topological polar surface area (TPSA) is 36.4 Å². The number of hydrogen-bond acceptors (Lipinski definition) is 3. The highest BCUT2D eigenvalue weighted by Gasteiger charge is 2.22. The van der Waals surface area contributed by atoms with Crippen LogP contribution in [0.1, 0.15) is 30.4 Å². The van der Waals surface area contributed by atoms with Crippen molar-refractivity contribution in [2.24, 2.45) is 5.92 Å². The van der Waals surface area contributed by atoms with Crippen LogP contribution in [0, 0.1) is 11.7 Å². The first-order chi connectivity index (χ1) is 13.6. The number of carbonyl (C=O) groups is 1. The number of likely N-dealkylation sites (tertiary alicyclic amines) is 1. The van der Waals surface area contributed by atoms with Crippen LogP contribution in [0.3, 0.4) is 0 Å². The van der Waals surface area contributed by atoms with Crippen molar-refractivity contribution in [2.45, 2.75) is 32.1 Å². The molecule has 1 aromatic carbocycles. The molecule has 2 heterocycles. The predicted molar refractivity (Wildman–Crippen MR) is 109 cm³/mol. The lowest BCUT2D eigenvalue weighted by Gasteiger charge is -2.34. The Bertz CT molecular complexity index is 753. The molecule has 1 fully saturated rings. The van der Waals surface area contributed by atoms with E-state index in [0.717, 1.165) is 63.0 Å². The smallest absolute Gasteiger partial charge is 0.222 e. The molecule has 0 radical (unpaired) electrons. The van der Waals surface area contributed by atoms with Gasteiger partial charge in [-0.1, -0.05) is 18.2 Å². The van der Waals surface area contributed by atoms with E-state index in [0.29, 0.717) is 12.3 Å². The Kier molecular flexibility index (Phi) is 7.54. The Hall–Kier alpha value is -2.27. The summed E-state index contributed by atoms with van der Waals surface area (Å²) in [5.74, 6) is 0.570. The van der Waals surface area contributed by atoms with Gasteiger partial charge in [0.1, 0.15) is 5.82 Å². The molecule has 3 rings (SSSR count). The maximum absolute atomic E-state index is 13.8. The van der Waals surface area contributed by atoms with E-state index in [1.54, 1.807) is 18.5 Å². The van der Waals surface area contributed by atoms with Gasteiger partial charge < -0.3 is 9.80 Å². The molecule has 1 aliphatic rings. The minimum atomic E-state index is -0.115. The number of piperidine rings is 1. The minimum Gasteiger partial charge on any atom is -0.345 e. The zero-order valence-corrected chi connectivity index (χ0v) is 16.7. The molecule has 0 saturated carbocycles. The van der Waals surface area contributed by atoms with Crippen molar-refractivity contribution >= 4 is 5.91 Å². The number of hydrogen-bond donors (Lipinski definition) is 0. The van der Waals surface area contributed by atoms with Gasteiger partial charge in [0.2, 0.25) is 5.91 Å². The molecule has 2 aromatic rings. The van der Waals surface area contributed by atoms with Gasteiger partial charge in [0.15, 0.2) is 0 Å². The molecule has 1 amide bonds. The fourth-order valence-corrected chi connectivity index (χ4v) is 3.96. The van der Waals surface area contributed by atoms with E-state index in [9.17, 15) is 9.18 Å². The lowest BCUT2D eigenvalue weighted by atomic mass is 9.96. The molecule has 150 valence electrons. The van der Waals surface area contributed by atoms with E-state index in [-0.39, 0.29) is 11.7 Å². The van der Waals surface area contributed by atoms with Crippen molar-refractivity contribution in [3.05, 3.63) is 65.7 Å². The first-order valence-electron chi connectivity index (χ1n) is 10.2. The second kappa shape index (κ2) is 10.3. The third kappa shape index (κ3) is 6.13. The highest BCUT2D eigenvalue weighted by Crippen LogP contribution is 2.19. The Balaban J connectivity index is 1.42. The summed E-state index contributed by atoms with van der Waals surface area (Å²) in [7, 11) is 1.91. The summed E-state index contributed by atoms with van der Waals surface area (Å²) >= 11 is 0. The molecule has 0 unspecified atom stereocenters. The van der Waals surface area contributed by atoms with E-state index < -0.39 is 0 Å². The van der Waals surface area contributed by atoms with Gasteiger partial charge >= 0.3 is 0 Å². The number of aryl methyl sites for hydroxylation is 1. The first kappa shape index (κ1) is 20.5. The second-order valence-electron chi connectivity index (χ2n) is 7.78. The van der Waals surface area contributed by atoms with E-state index in [2.05, 4.69) is 9.88 Å². The minimum absolute atomic E-state index is 0.115. The van der Waals surface area contributed by atoms with Gasteiger partial charge in [0, 0.05) is 45.5 Å². The lowest BCUT2D eigenvalue weighted by molar-refractivity contribution is -0.130. The highest BCUT2D eigenvalue weighted by molar-refractivity contribution is 5.76. The molecule has 1 aliphatic heterocycles. The van der Waals surface area contributed by atoms with Gasteiger partial charge in [0.05, 0.1) is 0 Å². The zero-order chi connectivity index (χ0) is 19.8. The van der Waals surface area contributed by atoms with Crippen molar-refractivity contribution < 1.29 is 9.18 Å². The van der Waals surface area contributed by atoms with Crippen LogP contribution in [0.15, 0.2) is 48.8 Å². The zero-order valence-electron chi connectivity index (χ0n) is 16.7. The molecule has 4 nitrogen and oxygen atoms in total. The van der Waals surface area contributed by atoms with E-state index in [1.807, 2.05) is 36.2 Å². The predicted octanol–water partition coefficient (Wildman–Crippen LogP) is 3.57. The van der Waals surface area contributed by atoms with Crippen molar-refractivity contribution in [3.63, 3.8) is 0 Å². The van der Waals surface area contributed by atoms with Crippen LogP contribution in [0.5, 0.6) is 0 Å². The van der Waals surface area contributed by atoms with Crippen molar-refractivity contribution in [1.82, 2.24) is 14.8 Å². The van der Waals surface area contributed by atoms with Crippen LogP contribution in [-0.2, 0) is 17.6 Å². The molecular weight excluding hydrogens is 353 g/mol. The SMILES string of the molecule is CN(C[C@@H]1CCCN(CCc2ccccc2F)C1)C(=O)CCc1ccncc1. The van der Waals surface area contributed by atoms with Gasteiger partial charge in [-0.15, -0.1) is 0 Å². The molecule has 0 aliphatic carbocycles. The highest BCUT2D eigenvalue weighted by atomic mass is 19.1. The van der Waals surface area contributed by atoms with Crippen LogP contribution in [-0.4, -0.2) is 53.9 Å². The summed E-state index contributed by atoms with van der Waals surface area (Å²) in [6, 6.07) is 10.9. The fraction of sp³-hybridized carbons (Fsp3) is 0.478. The molecule has 0 N–H and O–H groups in total. The lowest BCUT2D eigenvalue weighted by Crippen LogP contribution is -2.42. The first-order valence-corrected chi connectivity index (χ1v) is 10.2. The van der Waals surface area contributed by atoms with Crippen molar-refractivity contribution in [2.75, 3.05) is 33.2 Å². The molecular formula is C23H30FN3O. The average Bonchev–Trinajstić information content (AvgIpc) is 2.72. The Morgan fingerprint density at radius 1 is 1.21 bits per heavy atom. The van der Waals surface area contributed by atoms with E-state index in [4.69, 9.17) is 0 Å². The Labute approximate surface area is 167 Å². The molecule has 1 aromatic heterocycles. The van der Waals surface area contributed by atoms with Crippen LogP contribution in [0.2, 0.25) is 0 Å². The fourth-order valence-electron chi connectivity index (χ4n) is 3.96. The summed E-state index contributed by atoms with van der Waals surface area (Å²) in [6.45, 7) is 3.71. The van der Waals surface area contributed by atoms with Crippen molar-refractivity contribution in [1.29, 1.82) is 0 Å². The summed E-state index contributed by atoms with van der Waals surface area (Å²) in [4.78, 5) is 20.8. The van der Waals surface area contributed by atoms with Gasteiger partial charge in [0.25, 0.3) is 0 Å². The largest absolute Gasteiger partial charge is 0.345 e. The maximum Gasteiger partial charge on any atom is 0.222 e. The van der Waals surface area contributed by atoms with Crippen LogP contribution >= 0.6 is 0 Å². The number of nitrogens with zero attached hydrogens (tertiary/aromatic N) is 3. The molecule has 5 heteroatoms. The average molecular weight is 384 g/mol. The summed E-state index contributed by atoms with van der Waals surface area (Å²) < 4.78 is 13.8. The van der Waals surface area contributed by atoms with Gasteiger partial charge in [-0.25, -0.2) is 4.39 Å². The van der Waals surface area contributed by atoms with Crippen LogP contribution < -0.4 is 0 Å². The normalized spacial score (nSPS) is 17.4. The summed E-state index contributed by atoms with van der Waals surface area (Å²) in [6.07, 6.45) is 7.84. The number of benzene rings is 1. The number of aromatic nitrogens is 1. The second-order valence-corrected chi connectivity index (χ2v) is 7.78. The molecule has 0 bridgehead atoms. The quantitative estimate of drug-likeness (QED) is 0.699. The molecule has 1 saturated heterocycles. The molecule has 0 spiro atoms. The number of pyridine rings is 1. The van der Waals surface area contributed by atoms with Crippen LogP contribution in [0.25, 0.3) is 0 Å². The molecule has 1 atom stereocenters. The third-order valence-corrected chi connectivity index (χ3v) is 5.59. The van der Waals surface area contributed by atoms with Gasteiger partial charge in [-0.3, -0.25) is 9.78 Å². The van der Waals surface area contributed by atoms with Crippen molar-refractivity contribution in [3.8, 4) is 0 Å². The van der Waals surface area contributed by atoms with Gasteiger partial charge in [-0.05, 0) is 67.5 Å². The number of amides is 1. The van der Waals surface area contributed by atoms with E-state index in [1.165, 1.54) is 6.07 Å². The number of carbonyl (C=O) groups excluding carboxylic acids is 1. The van der Waals surface area contributed by atoms with Gasteiger partial charge in [-0.2, -0.15) is 0 Å². The third-order valence-electron chi connectivity index (χ3n) is 5.59.